The van der Waals surface area contributed by atoms with Crippen LogP contribution in [0.15, 0.2) is 36.5 Å². The molecule has 21 heavy (non-hydrogen) atoms. The Hall–Kier alpha value is -1.79. The van der Waals surface area contributed by atoms with Crippen LogP contribution in [0.3, 0.4) is 0 Å². The summed E-state index contributed by atoms with van der Waals surface area (Å²) in [5.74, 6) is -0.0501. The van der Waals surface area contributed by atoms with Gasteiger partial charge in [0, 0.05) is 18.3 Å². The lowest BCUT2D eigenvalue weighted by atomic mass is 10.2. The summed E-state index contributed by atoms with van der Waals surface area (Å²) >= 11 is 5.92. The predicted molar refractivity (Wildman–Crippen MR) is 86.0 cm³/mol. The molecule has 0 aliphatic heterocycles. The number of hydrogen-bond acceptors (Lipinski definition) is 4. The molecule has 0 unspecified atom stereocenters. The lowest BCUT2D eigenvalue weighted by molar-refractivity contribution is 0.600. The number of pyridine rings is 1. The van der Waals surface area contributed by atoms with Crippen LogP contribution in [0.1, 0.15) is 11.3 Å². The number of benzene rings is 1. The normalized spacial score (nSPS) is 11.3. The van der Waals surface area contributed by atoms with Crippen molar-refractivity contribution in [3.63, 3.8) is 0 Å². The van der Waals surface area contributed by atoms with Gasteiger partial charge in [-0.1, -0.05) is 17.7 Å². The van der Waals surface area contributed by atoms with Gasteiger partial charge in [0.2, 0.25) is 10.0 Å². The van der Waals surface area contributed by atoms with Gasteiger partial charge in [-0.15, -0.1) is 0 Å². The highest BCUT2D eigenvalue weighted by molar-refractivity contribution is 7.92. The average molecular weight is 326 g/mol. The van der Waals surface area contributed by atoms with Gasteiger partial charge < -0.3 is 5.73 Å². The minimum atomic E-state index is -3.47. The highest BCUT2D eigenvalue weighted by atomic mass is 35.5. The van der Waals surface area contributed by atoms with E-state index in [1.165, 1.54) is 6.07 Å². The van der Waals surface area contributed by atoms with E-state index in [9.17, 15) is 8.42 Å². The van der Waals surface area contributed by atoms with Crippen molar-refractivity contribution in [3.05, 3.63) is 52.8 Å². The summed E-state index contributed by atoms with van der Waals surface area (Å²) in [6.45, 7) is 1.77. The lowest BCUT2D eigenvalue weighted by Crippen LogP contribution is -2.19. The number of nitrogens with one attached hydrogen (secondary N) is 1. The molecule has 0 saturated heterocycles. The largest absolute Gasteiger partial charge is 0.398 e. The Morgan fingerprint density at radius 1 is 1.33 bits per heavy atom. The number of sulfonamides is 1. The highest BCUT2D eigenvalue weighted by Crippen LogP contribution is 2.27. The Bertz CT molecular complexity index is 733. The van der Waals surface area contributed by atoms with Crippen molar-refractivity contribution in [1.29, 1.82) is 0 Å². The van der Waals surface area contributed by atoms with Gasteiger partial charge >= 0.3 is 0 Å². The van der Waals surface area contributed by atoms with Crippen LogP contribution in [-0.4, -0.2) is 19.2 Å². The second kappa shape index (κ2) is 6.32. The van der Waals surface area contributed by atoms with E-state index in [-0.39, 0.29) is 5.75 Å². The van der Waals surface area contributed by atoms with Crippen molar-refractivity contribution in [3.8, 4) is 0 Å². The zero-order valence-electron chi connectivity index (χ0n) is 11.5. The first-order valence-corrected chi connectivity index (χ1v) is 8.36. The molecule has 0 aliphatic carbocycles. The second-order valence-corrected chi connectivity index (χ2v) is 6.93. The molecule has 112 valence electrons. The number of hydrogen-bond donors (Lipinski definition) is 2. The van der Waals surface area contributed by atoms with Crippen molar-refractivity contribution >= 4 is 33.0 Å². The quantitative estimate of drug-likeness (QED) is 0.827. The van der Waals surface area contributed by atoms with Gasteiger partial charge in [-0.3, -0.25) is 9.71 Å². The van der Waals surface area contributed by atoms with E-state index < -0.39 is 10.0 Å². The number of nitrogen functional groups attached to an aromatic ring is 1. The van der Waals surface area contributed by atoms with E-state index in [1.54, 1.807) is 31.3 Å². The maximum atomic E-state index is 12.1. The van der Waals surface area contributed by atoms with Gasteiger partial charge in [0.15, 0.2) is 0 Å². The van der Waals surface area contributed by atoms with Crippen LogP contribution in [0.2, 0.25) is 5.02 Å². The summed E-state index contributed by atoms with van der Waals surface area (Å²) in [4.78, 5) is 4.10. The highest BCUT2D eigenvalue weighted by Gasteiger charge is 2.13. The third kappa shape index (κ3) is 4.34. The van der Waals surface area contributed by atoms with Gasteiger partial charge in [0.25, 0.3) is 0 Å². The van der Waals surface area contributed by atoms with Gasteiger partial charge in [-0.2, -0.15) is 0 Å². The number of rotatable bonds is 5. The van der Waals surface area contributed by atoms with E-state index >= 15 is 0 Å². The molecule has 7 heteroatoms. The van der Waals surface area contributed by atoms with E-state index in [4.69, 9.17) is 17.3 Å². The summed E-state index contributed by atoms with van der Waals surface area (Å²) in [5, 5.41) is 0.322. The first-order valence-electron chi connectivity index (χ1n) is 6.33. The predicted octanol–water partition coefficient (Wildman–Crippen LogP) is 2.61. The van der Waals surface area contributed by atoms with E-state index in [1.807, 2.05) is 6.07 Å². The standard InChI is InChI=1S/C14H16ClN3O2S/c1-10-8-13(16)12(15)9-14(10)18-21(19,20)7-5-11-4-2-3-6-17-11/h2-4,6,8-9,18H,5,7,16H2,1H3. The first kappa shape index (κ1) is 15.6. The van der Waals surface area contributed by atoms with Crippen molar-refractivity contribution in [1.82, 2.24) is 4.98 Å². The maximum absolute atomic E-state index is 12.1. The number of halogens is 1. The zero-order valence-corrected chi connectivity index (χ0v) is 13.1. The Balaban J connectivity index is 2.09. The fourth-order valence-corrected chi connectivity index (χ4v) is 3.12. The van der Waals surface area contributed by atoms with Crippen LogP contribution in [0.4, 0.5) is 11.4 Å². The molecule has 1 aromatic carbocycles. The van der Waals surface area contributed by atoms with Gasteiger partial charge in [-0.25, -0.2) is 8.42 Å². The van der Waals surface area contributed by atoms with E-state index in [0.717, 1.165) is 11.3 Å². The number of nitrogens with zero attached hydrogens (tertiary/aromatic N) is 1. The van der Waals surface area contributed by atoms with Gasteiger partial charge in [0.05, 0.1) is 22.2 Å². The maximum Gasteiger partial charge on any atom is 0.233 e. The van der Waals surface area contributed by atoms with Crippen LogP contribution >= 0.6 is 11.6 Å². The van der Waals surface area contributed by atoms with Crippen LogP contribution < -0.4 is 10.5 Å². The molecule has 0 fully saturated rings. The summed E-state index contributed by atoms with van der Waals surface area (Å²) in [5.41, 5.74) is 7.98. The van der Waals surface area contributed by atoms with E-state index in [2.05, 4.69) is 9.71 Å². The zero-order chi connectivity index (χ0) is 15.5. The summed E-state index contributed by atoms with van der Waals surface area (Å²) in [6, 6.07) is 8.56. The fraction of sp³-hybridized carbons (Fsp3) is 0.214. The smallest absolute Gasteiger partial charge is 0.233 e. The van der Waals surface area contributed by atoms with Crippen LogP contribution in [-0.2, 0) is 16.4 Å². The fourth-order valence-electron chi connectivity index (χ4n) is 1.82. The van der Waals surface area contributed by atoms with Crippen molar-refractivity contribution in [2.45, 2.75) is 13.3 Å². The lowest BCUT2D eigenvalue weighted by Gasteiger charge is -2.12. The minimum absolute atomic E-state index is 0.0501. The third-order valence-corrected chi connectivity index (χ3v) is 4.56. The first-order chi connectivity index (χ1) is 9.87. The molecular weight excluding hydrogens is 310 g/mol. The monoisotopic (exact) mass is 325 g/mol. The Morgan fingerprint density at radius 2 is 2.10 bits per heavy atom. The number of anilines is 2. The summed E-state index contributed by atoms with van der Waals surface area (Å²) < 4.78 is 26.7. The molecule has 0 amide bonds. The Morgan fingerprint density at radius 3 is 2.76 bits per heavy atom. The molecule has 1 heterocycles. The van der Waals surface area contributed by atoms with Crippen molar-refractivity contribution in [2.24, 2.45) is 0 Å². The van der Waals surface area contributed by atoms with Crippen LogP contribution in [0.5, 0.6) is 0 Å². The van der Waals surface area contributed by atoms with Gasteiger partial charge in [-0.05, 0) is 36.8 Å². The number of aryl methyl sites for hydroxylation is 2. The third-order valence-electron chi connectivity index (χ3n) is 2.96. The summed E-state index contributed by atoms with van der Waals surface area (Å²) in [6.07, 6.45) is 1.98. The average Bonchev–Trinajstić information content (AvgIpc) is 2.44. The molecule has 0 saturated carbocycles. The number of aromatic nitrogens is 1. The summed E-state index contributed by atoms with van der Waals surface area (Å²) in [7, 11) is -3.47. The molecule has 1 aromatic heterocycles. The molecule has 3 N–H and O–H groups in total. The Kier molecular flexibility index (Phi) is 4.69. The molecule has 0 spiro atoms. The van der Waals surface area contributed by atoms with Crippen LogP contribution in [0.25, 0.3) is 0 Å². The molecule has 0 atom stereocenters. The molecular formula is C14H16ClN3O2S. The molecule has 2 rings (SSSR count). The SMILES string of the molecule is Cc1cc(N)c(Cl)cc1NS(=O)(=O)CCc1ccccn1. The molecule has 2 aromatic rings. The molecule has 0 bridgehead atoms. The van der Waals surface area contributed by atoms with E-state index in [0.29, 0.717) is 22.8 Å². The van der Waals surface area contributed by atoms with Crippen molar-refractivity contribution in [2.75, 3.05) is 16.2 Å². The van der Waals surface area contributed by atoms with Crippen molar-refractivity contribution < 1.29 is 8.42 Å². The topological polar surface area (TPSA) is 85.1 Å². The Labute approximate surface area is 129 Å². The molecule has 0 aliphatic rings. The molecule has 0 radical (unpaired) electrons. The number of nitrogens with two attached hydrogens (primary N) is 1. The van der Waals surface area contributed by atoms with Crippen LogP contribution in [0, 0.1) is 6.92 Å². The minimum Gasteiger partial charge on any atom is -0.398 e. The molecule has 5 nitrogen and oxygen atoms in total. The second-order valence-electron chi connectivity index (χ2n) is 4.68. The van der Waals surface area contributed by atoms with Gasteiger partial charge in [0.1, 0.15) is 0 Å².